The Bertz CT molecular complexity index is 1100. The van der Waals surface area contributed by atoms with Crippen LogP contribution in [0.15, 0.2) is 72.3 Å². The van der Waals surface area contributed by atoms with E-state index in [9.17, 15) is 19.5 Å². The van der Waals surface area contributed by atoms with Crippen LogP contribution in [0.2, 0.25) is 0 Å². The number of nitrogens with two attached hydrogens (primary N) is 1. The zero-order valence-corrected chi connectivity index (χ0v) is 20.6. The number of ketones is 2. The Balaban J connectivity index is 1.79. The van der Waals surface area contributed by atoms with Crippen molar-refractivity contribution >= 4 is 29.3 Å². The van der Waals surface area contributed by atoms with Crippen LogP contribution in [0.5, 0.6) is 0 Å². The largest absolute Gasteiger partial charge is 0.480 e. The van der Waals surface area contributed by atoms with E-state index >= 15 is 0 Å². The van der Waals surface area contributed by atoms with Crippen molar-refractivity contribution in [3.8, 4) is 0 Å². The molecule has 2 aromatic carbocycles. The Hall–Kier alpha value is -3.51. The molecule has 35 heavy (non-hydrogen) atoms. The highest BCUT2D eigenvalue weighted by atomic mass is 16.4. The SMILES string of the molecule is CC(C(N)C(=O)O)C(/C=C/C(=O)C1CCC/C(=C\c2ccc(N(C)C)cc2)C1=O)c1ccccc1. The average Bonchev–Trinajstić information content (AvgIpc) is 2.85. The summed E-state index contributed by atoms with van der Waals surface area (Å²) in [4.78, 5) is 39.7. The van der Waals surface area contributed by atoms with Crippen LogP contribution in [0, 0.1) is 11.8 Å². The van der Waals surface area contributed by atoms with Crippen molar-refractivity contribution in [2.45, 2.75) is 38.1 Å². The highest BCUT2D eigenvalue weighted by molar-refractivity contribution is 6.15. The Morgan fingerprint density at radius 1 is 1.09 bits per heavy atom. The molecule has 0 aromatic heterocycles. The predicted molar refractivity (Wildman–Crippen MR) is 139 cm³/mol. The quantitative estimate of drug-likeness (QED) is 0.411. The molecule has 0 heterocycles. The molecule has 0 saturated heterocycles. The fourth-order valence-electron chi connectivity index (χ4n) is 4.49. The first kappa shape index (κ1) is 26.1. The summed E-state index contributed by atoms with van der Waals surface area (Å²) in [5.41, 5.74) is 9.45. The molecule has 2 aromatic rings. The number of hydrogen-bond donors (Lipinski definition) is 2. The third-order valence-corrected chi connectivity index (χ3v) is 6.74. The van der Waals surface area contributed by atoms with E-state index in [0.29, 0.717) is 18.4 Å². The lowest BCUT2D eigenvalue weighted by Gasteiger charge is -2.25. The zero-order valence-electron chi connectivity index (χ0n) is 20.6. The number of Topliss-reactive ketones (excluding diaryl/α,β-unsaturated/α-hetero) is 1. The van der Waals surface area contributed by atoms with Gasteiger partial charge in [-0.15, -0.1) is 0 Å². The van der Waals surface area contributed by atoms with Gasteiger partial charge in [0.15, 0.2) is 11.6 Å². The third kappa shape index (κ3) is 6.55. The summed E-state index contributed by atoms with van der Waals surface area (Å²) in [6.07, 6.45) is 6.96. The smallest absolute Gasteiger partial charge is 0.320 e. The lowest BCUT2D eigenvalue weighted by molar-refractivity contribution is -0.139. The Labute approximate surface area is 207 Å². The molecule has 0 bridgehead atoms. The van der Waals surface area contributed by atoms with Gasteiger partial charge in [-0.1, -0.05) is 55.5 Å². The van der Waals surface area contributed by atoms with Crippen molar-refractivity contribution < 1.29 is 19.5 Å². The maximum Gasteiger partial charge on any atom is 0.320 e. The zero-order chi connectivity index (χ0) is 25.5. The summed E-state index contributed by atoms with van der Waals surface area (Å²) in [6.45, 7) is 1.76. The van der Waals surface area contributed by atoms with Gasteiger partial charge in [0.25, 0.3) is 0 Å². The van der Waals surface area contributed by atoms with Crippen LogP contribution in [0.1, 0.15) is 43.2 Å². The summed E-state index contributed by atoms with van der Waals surface area (Å²) in [6, 6.07) is 16.2. The monoisotopic (exact) mass is 474 g/mol. The van der Waals surface area contributed by atoms with Gasteiger partial charge in [-0.05, 0) is 66.2 Å². The van der Waals surface area contributed by atoms with E-state index in [1.807, 2.05) is 79.7 Å². The topological polar surface area (TPSA) is 101 Å². The van der Waals surface area contributed by atoms with Crippen molar-refractivity contribution in [2.75, 3.05) is 19.0 Å². The van der Waals surface area contributed by atoms with E-state index in [1.165, 1.54) is 6.08 Å². The molecule has 1 fully saturated rings. The number of carbonyl (C=O) groups is 3. The molecule has 6 heteroatoms. The van der Waals surface area contributed by atoms with Crippen LogP contribution in [-0.2, 0) is 14.4 Å². The van der Waals surface area contributed by atoms with Gasteiger partial charge in [0.05, 0.1) is 5.92 Å². The number of rotatable bonds is 9. The fourth-order valence-corrected chi connectivity index (χ4v) is 4.49. The minimum absolute atomic E-state index is 0.130. The molecule has 0 spiro atoms. The maximum atomic E-state index is 13.2. The number of benzene rings is 2. The van der Waals surface area contributed by atoms with E-state index in [4.69, 9.17) is 5.73 Å². The van der Waals surface area contributed by atoms with Crippen LogP contribution in [0.25, 0.3) is 6.08 Å². The van der Waals surface area contributed by atoms with Crippen LogP contribution >= 0.6 is 0 Å². The average molecular weight is 475 g/mol. The summed E-state index contributed by atoms with van der Waals surface area (Å²) in [5, 5.41) is 9.39. The predicted octanol–water partition coefficient (Wildman–Crippen LogP) is 4.46. The second kappa shape index (κ2) is 11.8. The Kier molecular flexibility index (Phi) is 8.77. The van der Waals surface area contributed by atoms with Crippen molar-refractivity contribution in [1.82, 2.24) is 0 Å². The molecule has 1 aliphatic carbocycles. The molecule has 6 nitrogen and oxygen atoms in total. The number of nitrogens with zero attached hydrogens (tertiary/aromatic N) is 1. The molecule has 4 unspecified atom stereocenters. The van der Waals surface area contributed by atoms with Gasteiger partial charge < -0.3 is 15.7 Å². The second-order valence-electron chi connectivity index (χ2n) is 9.39. The van der Waals surface area contributed by atoms with Crippen molar-refractivity contribution in [2.24, 2.45) is 17.6 Å². The van der Waals surface area contributed by atoms with Gasteiger partial charge in [0.2, 0.25) is 0 Å². The normalized spacial score (nSPS) is 19.9. The number of allylic oxidation sites excluding steroid dienone is 3. The molecular formula is C29H34N2O4. The minimum atomic E-state index is -1.09. The van der Waals surface area contributed by atoms with Crippen LogP contribution in [0.4, 0.5) is 5.69 Å². The first-order valence-corrected chi connectivity index (χ1v) is 12.0. The highest BCUT2D eigenvalue weighted by Crippen LogP contribution is 2.31. The molecule has 3 N–H and O–H groups in total. The molecule has 1 aliphatic rings. The number of carboxylic acid groups (broad SMARTS) is 1. The van der Waals surface area contributed by atoms with Gasteiger partial charge in [0.1, 0.15) is 6.04 Å². The summed E-state index contributed by atoms with van der Waals surface area (Å²) in [7, 11) is 3.95. The molecular weight excluding hydrogens is 440 g/mol. The standard InChI is InChI=1S/C29H34N2O4/c1-19(27(30)29(34)35)24(21-8-5-4-6-9-21)16-17-26(32)25-11-7-10-22(28(25)33)18-20-12-14-23(15-13-20)31(2)3/h4-6,8-9,12-19,24-25,27H,7,10-11,30H2,1-3H3,(H,34,35)/b17-16+,22-18+. The molecule has 4 atom stereocenters. The molecule has 184 valence electrons. The van der Waals surface area contributed by atoms with Gasteiger partial charge >= 0.3 is 5.97 Å². The lowest BCUT2D eigenvalue weighted by Crippen LogP contribution is -2.39. The molecule has 0 amide bonds. The fraction of sp³-hybridized carbons (Fsp3) is 0.345. The second-order valence-corrected chi connectivity index (χ2v) is 9.39. The lowest BCUT2D eigenvalue weighted by atomic mass is 9.79. The van der Waals surface area contributed by atoms with Crippen LogP contribution in [0.3, 0.4) is 0 Å². The van der Waals surface area contributed by atoms with Gasteiger partial charge in [0, 0.05) is 25.7 Å². The van der Waals surface area contributed by atoms with Crippen LogP contribution in [-0.4, -0.2) is 42.8 Å². The number of carbonyl (C=O) groups excluding carboxylic acids is 2. The van der Waals surface area contributed by atoms with E-state index in [-0.39, 0.29) is 17.5 Å². The number of anilines is 1. The summed E-state index contributed by atoms with van der Waals surface area (Å²) < 4.78 is 0. The first-order valence-electron chi connectivity index (χ1n) is 12.0. The minimum Gasteiger partial charge on any atom is -0.480 e. The molecule has 0 radical (unpaired) electrons. The number of hydrogen-bond acceptors (Lipinski definition) is 5. The first-order chi connectivity index (χ1) is 16.7. The summed E-state index contributed by atoms with van der Waals surface area (Å²) >= 11 is 0. The van der Waals surface area contributed by atoms with Crippen molar-refractivity contribution in [3.63, 3.8) is 0 Å². The number of carboxylic acids is 1. The van der Waals surface area contributed by atoms with Crippen LogP contribution < -0.4 is 10.6 Å². The summed E-state index contributed by atoms with van der Waals surface area (Å²) in [5.74, 6) is -2.99. The van der Waals surface area contributed by atoms with Gasteiger partial charge in [-0.25, -0.2) is 0 Å². The van der Waals surface area contributed by atoms with Gasteiger partial charge in [-0.2, -0.15) is 0 Å². The van der Waals surface area contributed by atoms with Crippen molar-refractivity contribution in [1.29, 1.82) is 0 Å². The van der Waals surface area contributed by atoms with Crippen molar-refractivity contribution in [3.05, 3.63) is 83.4 Å². The molecule has 0 aliphatic heterocycles. The maximum absolute atomic E-state index is 13.2. The molecule has 1 saturated carbocycles. The molecule has 3 rings (SSSR count). The van der Waals surface area contributed by atoms with E-state index < -0.39 is 23.8 Å². The highest BCUT2D eigenvalue weighted by Gasteiger charge is 2.32. The van der Waals surface area contributed by atoms with E-state index in [1.54, 1.807) is 13.0 Å². The Morgan fingerprint density at radius 2 is 1.74 bits per heavy atom. The van der Waals surface area contributed by atoms with E-state index in [2.05, 4.69) is 0 Å². The van der Waals surface area contributed by atoms with Gasteiger partial charge in [-0.3, -0.25) is 14.4 Å². The Morgan fingerprint density at radius 3 is 2.34 bits per heavy atom. The number of aliphatic carboxylic acids is 1. The van der Waals surface area contributed by atoms with E-state index in [0.717, 1.165) is 23.2 Å². The third-order valence-electron chi connectivity index (χ3n) is 6.74.